The summed E-state index contributed by atoms with van der Waals surface area (Å²) in [5.41, 5.74) is 7.21. The molecule has 2 aliphatic heterocycles. The highest BCUT2D eigenvalue weighted by Crippen LogP contribution is 2.23. The maximum Gasteiger partial charge on any atom is 0.225 e. The lowest BCUT2D eigenvalue weighted by molar-refractivity contribution is -0.140. The minimum atomic E-state index is -0.0114. The van der Waals surface area contributed by atoms with Crippen molar-refractivity contribution in [3.63, 3.8) is 0 Å². The smallest absolute Gasteiger partial charge is 0.225 e. The Hall–Kier alpha value is -1.43. The van der Waals surface area contributed by atoms with Crippen molar-refractivity contribution in [2.75, 3.05) is 32.8 Å². The van der Waals surface area contributed by atoms with Gasteiger partial charge in [0, 0.05) is 38.8 Å². The number of carbonyl (C=O) groups excluding carboxylic acids is 1. The van der Waals surface area contributed by atoms with Crippen molar-refractivity contribution in [2.45, 2.75) is 44.9 Å². The van der Waals surface area contributed by atoms with E-state index in [1.807, 2.05) is 11.0 Å². The molecule has 2 N–H and O–H groups in total. The number of benzene rings is 1. The molecule has 1 amide bonds. The lowest BCUT2D eigenvalue weighted by atomic mass is 9.92. The fourth-order valence-electron chi connectivity index (χ4n) is 4.00. The summed E-state index contributed by atoms with van der Waals surface area (Å²) in [5, 5.41) is 0. The molecule has 1 aromatic carbocycles. The van der Waals surface area contributed by atoms with Gasteiger partial charge in [-0.1, -0.05) is 37.3 Å². The van der Waals surface area contributed by atoms with Crippen molar-refractivity contribution in [3.05, 3.63) is 35.9 Å². The Kier molecular flexibility index (Phi) is 6.45. The molecule has 2 saturated heterocycles. The van der Waals surface area contributed by atoms with Crippen LogP contribution >= 0.6 is 0 Å². The third-order valence-electron chi connectivity index (χ3n) is 5.44. The molecule has 3 rings (SSSR count). The van der Waals surface area contributed by atoms with Crippen molar-refractivity contribution in [3.8, 4) is 0 Å². The van der Waals surface area contributed by atoms with Gasteiger partial charge in [-0.25, -0.2) is 0 Å². The molecular weight excluding hydrogens is 314 g/mol. The Morgan fingerprint density at radius 3 is 2.84 bits per heavy atom. The first-order valence-electron chi connectivity index (χ1n) is 9.53. The molecule has 3 unspecified atom stereocenters. The molecule has 5 nitrogen and oxygen atoms in total. The van der Waals surface area contributed by atoms with Crippen molar-refractivity contribution in [1.29, 1.82) is 0 Å². The fourth-order valence-corrected chi connectivity index (χ4v) is 4.00. The first-order valence-corrected chi connectivity index (χ1v) is 9.53. The second-order valence-corrected chi connectivity index (χ2v) is 7.52. The van der Waals surface area contributed by atoms with Gasteiger partial charge in [0.15, 0.2) is 0 Å². The molecule has 0 bridgehead atoms. The highest BCUT2D eigenvalue weighted by molar-refractivity contribution is 5.77. The molecule has 2 fully saturated rings. The zero-order valence-electron chi connectivity index (χ0n) is 15.3. The number of carbonyl (C=O) groups is 1. The third-order valence-corrected chi connectivity index (χ3v) is 5.44. The Bertz CT molecular complexity index is 551. The second-order valence-electron chi connectivity index (χ2n) is 7.52. The number of hydrogen-bond donors (Lipinski definition) is 1. The van der Waals surface area contributed by atoms with E-state index < -0.39 is 0 Å². The topological polar surface area (TPSA) is 58.8 Å². The molecule has 0 spiro atoms. The predicted molar refractivity (Wildman–Crippen MR) is 99.0 cm³/mol. The molecule has 25 heavy (non-hydrogen) atoms. The van der Waals surface area contributed by atoms with Crippen molar-refractivity contribution >= 4 is 5.91 Å². The van der Waals surface area contributed by atoms with Gasteiger partial charge in [-0.2, -0.15) is 0 Å². The van der Waals surface area contributed by atoms with Crippen LogP contribution < -0.4 is 5.73 Å². The summed E-state index contributed by atoms with van der Waals surface area (Å²) in [7, 11) is 0. The zero-order chi connectivity index (χ0) is 17.6. The monoisotopic (exact) mass is 345 g/mol. The summed E-state index contributed by atoms with van der Waals surface area (Å²) < 4.78 is 5.88. The Labute approximate surface area is 151 Å². The fraction of sp³-hybridized carbons (Fsp3) is 0.650. The average molecular weight is 345 g/mol. The summed E-state index contributed by atoms with van der Waals surface area (Å²) >= 11 is 0. The molecule has 2 aliphatic rings. The molecule has 138 valence electrons. The van der Waals surface area contributed by atoms with Gasteiger partial charge < -0.3 is 15.4 Å². The quantitative estimate of drug-likeness (QED) is 0.885. The van der Waals surface area contributed by atoms with Gasteiger partial charge in [0.1, 0.15) is 0 Å². The van der Waals surface area contributed by atoms with Crippen LogP contribution in [0.4, 0.5) is 0 Å². The number of amides is 1. The number of likely N-dealkylation sites (tertiary alicyclic amines) is 1. The molecule has 0 aliphatic carbocycles. The van der Waals surface area contributed by atoms with E-state index in [-0.39, 0.29) is 18.1 Å². The number of hydrogen-bond acceptors (Lipinski definition) is 4. The summed E-state index contributed by atoms with van der Waals surface area (Å²) in [4.78, 5) is 17.2. The number of nitrogens with two attached hydrogens (primary N) is 1. The van der Waals surface area contributed by atoms with Crippen LogP contribution in [0.1, 0.15) is 31.7 Å². The minimum absolute atomic E-state index is 0.0114. The van der Waals surface area contributed by atoms with E-state index in [1.165, 1.54) is 5.56 Å². The van der Waals surface area contributed by atoms with E-state index in [4.69, 9.17) is 10.5 Å². The second kappa shape index (κ2) is 8.79. The molecule has 3 atom stereocenters. The number of morpholine rings is 1. The van der Waals surface area contributed by atoms with E-state index in [1.54, 1.807) is 0 Å². The third kappa shape index (κ3) is 5.03. The molecule has 0 saturated carbocycles. The van der Waals surface area contributed by atoms with Crippen LogP contribution in [0.25, 0.3) is 0 Å². The first-order chi connectivity index (χ1) is 12.2. The van der Waals surface area contributed by atoms with Crippen LogP contribution in [0, 0.1) is 5.92 Å². The van der Waals surface area contributed by atoms with Gasteiger partial charge in [-0.05, 0) is 24.3 Å². The normalized spacial score (nSPS) is 28.1. The lowest BCUT2D eigenvalue weighted by Crippen LogP contribution is -2.51. The van der Waals surface area contributed by atoms with Crippen LogP contribution in [0.2, 0.25) is 0 Å². The summed E-state index contributed by atoms with van der Waals surface area (Å²) in [6, 6.07) is 10.7. The molecule has 5 heteroatoms. The number of rotatable bonds is 5. The van der Waals surface area contributed by atoms with Gasteiger partial charge >= 0.3 is 0 Å². The summed E-state index contributed by atoms with van der Waals surface area (Å²) in [5.74, 6) is 0.860. The molecule has 0 radical (unpaired) electrons. The molecular formula is C20H31N3O2. The van der Waals surface area contributed by atoms with E-state index in [0.717, 1.165) is 39.0 Å². The Balaban J connectivity index is 1.52. The number of nitrogens with zero attached hydrogens (tertiary/aromatic N) is 2. The zero-order valence-corrected chi connectivity index (χ0v) is 15.3. The Morgan fingerprint density at radius 1 is 1.28 bits per heavy atom. The van der Waals surface area contributed by atoms with Gasteiger partial charge in [-0.15, -0.1) is 0 Å². The average Bonchev–Trinajstić information content (AvgIpc) is 2.62. The van der Waals surface area contributed by atoms with E-state index in [2.05, 4.69) is 36.1 Å². The highest BCUT2D eigenvalue weighted by atomic mass is 16.5. The van der Waals surface area contributed by atoms with Crippen LogP contribution in [-0.4, -0.2) is 60.6 Å². The number of piperidine rings is 1. The summed E-state index contributed by atoms with van der Waals surface area (Å²) in [6.45, 7) is 6.99. The van der Waals surface area contributed by atoms with Crippen LogP contribution in [0.3, 0.4) is 0 Å². The Morgan fingerprint density at radius 2 is 2.08 bits per heavy atom. The maximum absolute atomic E-state index is 12.8. The minimum Gasteiger partial charge on any atom is -0.375 e. The molecule has 0 aromatic heterocycles. The van der Waals surface area contributed by atoms with Gasteiger partial charge in [0.25, 0.3) is 0 Å². The van der Waals surface area contributed by atoms with E-state index >= 15 is 0 Å². The summed E-state index contributed by atoms with van der Waals surface area (Å²) in [6.07, 6.45) is 2.56. The van der Waals surface area contributed by atoms with Crippen molar-refractivity contribution in [1.82, 2.24) is 9.80 Å². The lowest BCUT2D eigenvalue weighted by Gasteiger charge is -2.39. The first kappa shape index (κ1) is 18.4. The van der Waals surface area contributed by atoms with Crippen LogP contribution in [-0.2, 0) is 16.1 Å². The van der Waals surface area contributed by atoms with Gasteiger partial charge in [0.05, 0.1) is 19.1 Å². The maximum atomic E-state index is 12.8. The van der Waals surface area contributed by atoms with Crippen molar-refractivity contribution in [2.24, 2.45) is 11.7 Å². The standard InChI is InChI=1S/C20H31N3O2/c1-16-7-8-23(18(11-16)13-21)20(24)12-19-15-22(9-10-25-19)14-17-5-3-2-4-6-17/h2-6,16,18-19H,7-15,21H2,1H3. The van der Waals surface area contributed by atoms with Crippen LogP contribution in [0.15, 0.2) is 30.3 Å². The largest absolute Gasteiger partial charge is 0.375 e. The number of ether oxygens (including phenoxy) is 1. The molecule has 1 aromatic rings. The molecule has 2 heterocycles. The van der Waals surface area contributed by atoms with Gasteiger partial charge in [-0.3, -0.25) is 9.69 Å². The van der Waals surface area contributed by atoms with E-state index in [0.29, 0.717) is 25.5 Å². The van der Waals surface area contributed by atoms with E-state index in [9.17, 15) is 4.79 Å². The highest BCUT2D eigenvalue weighted by Gasteiger charge is 2.31. The van der Waals surface area contributed by atoms with Crippen molar-refractivity contribution < 1.29 is 9.53 Å². The predicted octanol–water partition coefficient (Wildman–Crippen LogP) is 1.86. The van der Waals surface area contributed by atoms with Gasteiger partial charge in [0.2, 0.25) is 5.91 Å². The SMILES string of the molecule is CC1CCN(C(=O)CC2CN(Cc3ccccc3)CCO2)C(CN)C1. The van der Waals surface area contributed by atoms with Crippen LogP contribution in [0.5, 0.6) is 0 Å².